The van der Waals surface area contributed by atoms with Crippen LogP contribution in [0.25, 0.3) is 0 Å². The second kappa shape index (κ2) is 6.83. The Morgan fingerprint density at radius 2 is 1.83 bits per heavy atom. The summed E-state index contributed by atoms with van der Waals surface area (Å²) in [6.45, 7) is 10.8. The molecule has 0 aromatic heterocycles. The second-order valence-corrected chi connectivity index (χ2v) is 9.33. The third-order valence-electron chi connectivity index (χ3n) is 5.70. The van der Waals surface area contributed by atoms with E-state index in [0.29, 0.717) is 37.8 Å². The number of nitrogens with zero attached hydrogens (tertiary/aromatic N) is 1. The number of likely N-dealkylation sites (tertiary alicyclic amines) is 1. The maximum absolute atomic E-state index is 12.5. The van der Waals surface area contributed by atoms with Gasteiger partial charge < -0.3 is 19.8 Å². The Labute approximate surface area is 146 Å². The predicted octanol–water partition coefficient (Wildman–Crippen LogP) is 3.18. The van der Waals surface area contributed by atoms with Gasteiger partial charge in [-0.2, -0.15) is 0 Å². The highest BCUT2D eigenvalue weighted by Gasteiger charge is 2.55. The van der Waals surface area contributed by atoms with Crippen molar-refractivity contribution in [2.45, 2.75) is 77.9 Å². The van der Waals surface area contributed by atoms with Gasteiger partial charge in [0, 0.05) is 18.5 Å². The third-order valence-corrected chi connectivity index (χ3v) is 5.70. The SMILES string of the molecule is CC1CC(C)CC(O)(C2(CO)CCCN(C(=O)OC(C)(C)C)C2)C1. The summed E-state index contributed by atoms with van der Waals surface area (Å²) in [6, 6.07) is 0. The highest BCUT2D eigenvalue weighted by molar-refractivity contribution is 5.68. The lowest BCUT2D eigenvalue weighted by molar-refractivity contribution is -0.169. The quantitative estimate of drug-likeness (QED) is 0.809. The van der Waals surface area contributed by atoms with Crippen molar-refractivity contribution in [3.05, 3.63) is 0 Å². The smallest absolute Gasteiger partial charge is 0.410 e. The monoisotopic (exact) mass is 341 g/mol. The molecule has 1 saturated carbocycles. The molecule has 0 bridgehead atoms. The standard InChI is InChI=1S/C19H35NO4/c1-14-9-15(2)11-19(23,10-14)18(13-21)7-6-8-20(12-18)16(22)24-17(3,4)5/h14-15,21,23H,6-13H2,1-5H3. The van der Waals surface area contributed by atoms with Gasteiger partial charge in [-0.1, -0.05) is 13.8 Å². The van der Waals surface area contributed by atoms with Gasteiger partial charge in [0.2, 0.25) is 0 Å². The van der Waals surface area contributed by atoms with Crippen LogP contribution in [0.5, 0.6) is 0 Å². The van der Waals surface area contributed by atoms with Gasteiger partial charge in [-0.3, -0.25) is 0 Å². The van der Waals surface area contributed by atoms with E-state index < -0.39 is 16.6 Å². The maximum atomic E-state index is 12.5. The lowest BCUT2D eigenvalue weighted by atomic mass is 9.58. The summed E-state index contributed by atoms with van der Waals surface area (Å²) in [5.74, 6) is 0.859. The fraction of sp³-hybridized carbons (Fsp3) is 0.947. The number of hydrogen-bond donors (Lipinski definition) is 2. The van der Waals surface area contributed by atoms with E-state index in [-0.39, 0.29) is 12.7 Å². The average molecular weight is 341 g/mol. The van der Waals surface area contributed by atoms with Crippen molar-refractivity contribution < 1.29 is 19.7 Å². The summed E-state index contributed by atoms with van der Waals surface area (Å²) in [7, 11) is 0. The number of hydrogen-bond acceptors (Lipinski definition) is 4. The van der Waals surface area contributed by atoms with Gasteiger partial charge in [0.15, 0.2) is 0 Å². The molecule has 1 heterocycles. The minimum absolute atomic E-state index is 0.0950. The fourth-order valence-electron chi connectivity index (χ4n) is 4.79. The molecule has 0 spiro atoms. The first-order valence-corrected chi connectivity index (χ1v) is 9.31. The number of aliphatic hydroxyl groups excluding tert-OH is 1. The Bertz CT molecular complexity index is 449. The number of piperidine rings is 1. The average Bonchev–Trinajstić information content (AvgIpc) is 2.43. The first-order valence-electron chi connectivity index (χ1n) is 9.31. The molecule has 2 aliphatic rings. The fourth-order valence-corrected chi connectivity index (χ4v) is 4.79. The van der Waals surface area contributed by atoms with Crippen LogP contribution in [0.2, 0.25) is 0 Å². The molecule has 1 aliphatic heterocycles. The summed E-state index contributed by atoms with van der Waals surface area (Å²) in [5, 5.41) is 21.7. The van der Waals surface area contributed by atoms with E-state index in [1.807, 2.05) is 20.8 Å². The molecular formula is C19H35NO4. The van der Waals surface area contributed by atoms with Gasteiger partial charge in [-0.05, 0) is 64.7 Å². The van der Waals surface area contributed by atoms with Gasteiger partial charge in [0.25, 0.3) is 0 Å². The molecule has 24 heavy (non-hydrogen) atoms. The van der Waals surface area contributed by atoms with E-state index in [1.54, 1.807) is 4.90 Å². The molecule has 1 aliphatic carbocycles. The lowest BCUT2D eigenvalue weighted by Gasteiger charge is -2.54. The molecule has 5 nitrogen and oxygen atoms in total. The first-order chi connectivity index (χ1) is 11.0. The Balaban J connectivity index is 2.20. The van der Waals surface area contributed by atoms with Crippen molar-refractivity contribution in [3.63, 3.8) is 0 Å². The van der Waals surface area contributed by atoms with Crippen LogP contribution in [0, 0.1) is 17.3 Å². The Hall–Kier alpha value is -0.810. The van der Waals surface area contributed by atoms with Gasteiger partial charge >= 0.3 is 6.09 Å². The van der Waals surface area contributed by atoms with E-state index >= 15 is 0 Å². The molecule has 0 aromatic carbocycles. The summed E-state index contributed by atoms with van der Waals surface area (Å²) in [5.41, 5.74) is -2.11. The zero-order valence-electron chi connectivity index (χ0n) is 16.0. The van der Waals surface area contributed by atoms with Crippen molar-refractivity contribution in [3.8, 4) is 0 Å². The van der Waals surface area contributed by atoms with E-state index in [2.05, 4.69) is 13.8 Å². The number of carbonyl (C=O) groups is 1. The van der Waals surface area contributed by atoms with Crippen molar-refractivity contribution in [2.24, 2.45) is 17.3 Å². The molecule has 1 saturated heterocycles. The molecule has 2 fully saturated rings. The highest BCUT2D eigenvalue weighted by Crippen LogP contribution is 2.50. The van der Waals surface area contributed by atoms with Gasteiger partial charge in [-0.15, -0.1) is 0 Å². The van der Waals surface area contributed by atoms with E-state index in [0.717, 1.165) is 19.3 Å². The second-order valence-electron chi connectivity index (χ2n) is 9.33. The number of carbonyl (C=O) groups excluding carboxylic acids is 1. The number of amides is 1. The molecule has 3 unspecified atom stereocenters. The summed E-state index contributed by atoms with van der Waals surface area (Å²) in [6.07, 6.45) is 3.68. The number of ether oxygens (including phenoxy) is 1. The largest absolute Gasteiger partial charge is 0.444 e. The van der Waals surface area contributed by atoms with Crippen molar-refractivity contribution >= 4 is 6.09 Å². The van der Waals surface area contributed by atoms with Crippen molar-refractivity contribution in [1.82, 2.24) is 4.90 Å². The van der Waals surface area contributed by atoms with Gasteiger partial charge in [-0.25, -0.2) is 4.79 Å². The van der Waals surface area contributed by atoms with Crippen molar-refractivity contribution in [1.29, 1.82) is 0 Å². The topological polar surface area (TPSA) is 70.0 Å². The molecule has 1 amide bonds. The lowest BCUT2D eigenvalue weighted by Crippen LogP contribution is -2.62. The van der Waals surface area contributed by atoms with E-state index in [9.17, 15) is 15.0 Å². The van der Waals surface area contributed by atoms with Gasteiger partial charge in [0.05, 0.1) is 12.2 Å². The van der Waals surface area contributed by atoms with E-state index in [1.165, 1.54) is 0 Å². The molecule has 5 heteroatoms. The van der Waals surface area contributed by atoms with Crippen LogP contribution < -0.4 is 0 Å². The summed E-state index contributed by atoms with van der Waals surface area (Å²) in [4.78, 5) is 14.1. The first kappa shape index (κ1) is 19.5. The van der Waals surface area contributed by atoms with Crippen LogP contribution in [0.1, 0.15) is 66.7 Å². The molecule has 140 valence electrons. The van der Waals surface area contributed by atoms with Crippen molar-refractivity contribution in [2.75, 3.05) is 19.7 Å². The third kappa shape index (κ3) is 4.05. The minimum Gasteiger partial charge on any atom is -0.444 e. The zero-order chi connectivity index (χ0) is 18.2. The summed E-state index contributed by atoms with van der Waals surface area (Å²) >= 11 is 0. The number of aliphatic hydroxyl groups is 2. The van der Waals surface area contributed by atoms with Gasteiger partial charge in [0.1, 0.15) is 5.60 Å². The number of rotatable bonds is 2. The molecule has 2 N–H and O–H groups in total. The van der Waals surface area contributed by atoms with Crippen LogP contribution in [-0.2, 0) is 4.74 Å². The van der Waals surface area contributed by atoms with Crippen LogP contribution >= 0.6 is 0 Å². The Morgan fingerprint density at radius 1 is 1.25 bits per heavy atom. The molecule has 0 radical (unpaired) electrons. The molecule has 3 atom stereocenters. The highest BCUT2D eigenvalue weighted by atomic mass is 16.6. The molecular weight excluding hydrogens is 306 g/mol. The minimum atomic E-state index is -0.917. The summed E-state index contributed by atoms with van der Waals surface area (Å²) < 4.78 is 5.50. The molecule has 0 aromatic rings. The zero-order valence-corrected chi connectivity index (χ0v) is 16.0. The Morgan fingerprint density at radius 3 is 2.33 bits per heavy atom. The molecule has 2 rings (SSSR count). The van der Waals surface area contributed by atoms with Crippen LogP contribution in [0.15, 0.2) is 0 Å². The van der Waals surface area contributed by atoms with E-state index in [4.69, 9.17) is 4.74 Å². The van der Waals surface area contributed by atoms with Crippen LogP contribution in [0.4, 0.5) is 4.79 Å². The normalized spacial score (nSPS) is 38.0. The maximum Gasteiger partial charge on any atom is 0.410 e. The van der Waals surface area contributed by atoms with Crippen LogP contribution in [0.3, 0.4) is 0 Å². The van der Waals surface area contributed by atoms with Crippen LogP contribution in [-0.4, -0.2) is 52.1 Å². The predicted molar refractivity (Wildman–Crippen MR) is 93.7 cm³/mol. The Kier molecular flexibility index (Phi) is 5.55.